The second-order valence-electron chi connectivity index (χ2n) is 9.75. The number of hydrogen-bond acceptors (Lipinski definition) is 7. The van der Waals surface area contributed by atoms with E-state index in [1.54, 1.807) is 6.20 Å². The SMILES string of the molecule is CN1CCN(c2ncc(F)c(N3CCC(C(=O)NC(C)(C)c4cnc5ccccn45)C3)n2)CC1. The molecule has 2 saturated heterocycles. The number of fused-ring (bicyclic) bond motifs is 1. The smallest absolute Gasteiger partial charge is 0.227 e. The van der Waals surface area contributed by atoms with E-state index in [4.69, 9.17) is 0 Å². The molecule has 0 radical (unpaired) electrons. The van der Waals surface area contributed by atoms with Crippen LogP contribution in [0.2, 0.25) is 0 Å². The molecule has 3 aromatic rings. The quantitative estimate of drug-likeness (QED) is 0.615. The van der Waals surface area contributed by atoms with E-state index in [9.17, 15) is 9.18 Å². The summed E-state index contributed by atoms with van der Waals surface area (Å²) in [6.45, 7) is 8.40. The summed E-state index contributed by atoms with van der Waals surface area (Å²) in [7, 11) is 2.08. The summed E-state index contributed by atoms with van der Waals surface area (Å²) in [4.78, 5) is 32.6. The number of likely N-dealkylation sites (N-methyl/N-ethyl adjacent to an activating group) is 1. The van der Waals surface area contributed by atoms with E-state index in [-0.39, 0.29) is 17.6 Å². The van der Waals surface area contributed by atoms with Gasteiger partial charge < -0.3 is 24.4 Å². The zero-order chi connectivity index (χ0) is 23.9. The molecule has 5 rings (SSSR count). The summed E-state index contributed by atoms with van der Waals surface area (Å²) in [5.41, 5.74) is 1.13. The molecule has 2 aliphatic rings. The van der Waals surface area contributed by atoms with Gasteiger partial charge in [0, 0.05) is 45.5 Å². The third-order valence-electron chi connectivity index (χ3n) is 6.85. The number of imidazole rings is 1. The third-order valence-corrected chi connectivity index (χ3v) is 6.85. The Kier molecular flexibility index (Phi) is 5.85. The van der Waals surface area contributed by atoms with Gasteiger partial charge in [0.2, 0.25) is 11.9 Å². The molecule has 180 valence electrons. The molecule has 0 saturated carbocycles. The van der Waals surface area contributed by atoms with Gasteiger partial charge in [-0.15, -0.1) is 0 Å². The first-order chi connectivity index (χ1) is 16.3. The van der Waals surface area contributed by atoms with Crippen molar-refractivity contribution in [3.8, 4) is 0 Å². The van der Waals surface area contributed by atoms with Crippen molar-refractivity contribution in [1.82, 2.24) is 29.6 Å². The molecule has 0 spiro atoms. The molecule has 0 bridgehead atoms. The number of piperazine rings is 1. The van der Waals surface area contributed by atoms with Gasteiger partial charge in [-0.3, -0.25) is 4.79 Å². The van der Waals surface area contributed by atoms with E-state index in [1.807, 2.05) is 47.5 Å². The third kappa shape index (κ3) is 4.29. The fraction of sp³-hybridized carbons (Fsp3) is 0.500. The van der Waals surface area contributed by atoms with Crippen LogP contribution in [0.1, 0.15) is 26.0 Å². The lowest BCUT2D eigenvalue weighted by Crippen LogP contribution is -2.45. The Bertz CT molecular complexity index is 1190. The fourth-order valence-electron chi connectivity index (χ4n) is 4.77. The number of carbonyl (C=O) groups excluding carboxylic acids is 1. The van der Waals surface area contributed by atoms with E-state index in [1.165, 1.54) is 6.20 Å². The van der Waals surface area contributed by atoms with Gasteiger partial charge in [-0.2, -0.15) is 4.98 Å². The number of hydrogen-bond donors (Lipinski definition) is 1. The lowest BCUT2D eigenvalue weighted by Gasteiger charge is -2.32. The largest absolute Gasteiger partial charge is 0.353 e. The Balaban J connectivity index is 1.27. The van der Waals surface area contributed by atoms with Crippen LogP contribution in [-0.4, -0.2) is 76.5 Å². The number of anilines is 2. The molecule has 1 N–H and O–H groups in total. The highest BCUT2D eigenvalue weighted by molar-refractivity contribution is 5.81. The lowest BCUT2D eigenvalue weighted by atomic mass is 9.98. The van der Waals surface area contributed by atoms with Gasteiger partial charge in [0.05, 0.1) is 29.5 Å². The minimum absolute atomic E-state index is 0.0489. The minimum atomic E-state index is -0.611. The maximum absolute atomic E-state index is 14.7. The summed E-state index contributed by atoms with van der Waals surface area (Å²) in [5.74, 6) is 0.0727. The standard InChI is InChI=1S/C24H31FN8O/c1-24(2,19-15-26-20-6-4-5-8-33(19)20)29-22(34)17-7-9-32(16-17)21-18(25)14-27-23(28-21)31-12-10-30(3)11-13-31/h4-6,8,14-15,17H,7,9-13,16H2,1-3H3,(H,29,34). The Morgan fingerprint density at radius 3 is 2.68 bits per heavy atom. The number of rotatable bonds is 5. The number of halogens is 1. The van der Waals surface area contributed by atoms with Crippen LogP contribution in [0, 0.1) is 11.7 Å². The summed E-state index contributed by atoms with van der Waals surface area (Å²) in [6, 6.07) is 5.81. The Morgan fingerprint density at radius 1 is 1.09 bits per heavy atom. The highest BCUT2D eigenvalue weighted by Crippen LogP contribution is 2.28. The average Bonchev–Trinajstić information content (AvgIpc) is 3.48. The number of carbonyl (C=O) groups is 1. The van der Waals surface area contributed by atoms with Gasteiger partial charge in [0.1, 0.15) is 5.65 Å². The molecule has 10 heteroatoms. The first kappa shape index (κ1) is 22.5. The highest BCUT2D eigenvalue weighted by atomic mass is 19.1. The fourth-order valence-corrected chi connectivity index (χ4v) is 4.77. The predicted molar refractivity (Wildman–Crippen MR) is 128 cm³/mol. The zero-order valence-electron chi connectivity index (χ0n) is 19.9. The topological polar surface area (TPSA) is 81.9 Å². The summed E-state index contributed by atoms with van der Waals surface area (Å²) in [5, 5.41) is 3.18. The van der Waals surface area contributed by atoms with Crippen molar-refractivity contribution in [2.75, 3.05) is 56.1 Å². The molecule has 34 heavy (non-hydrogen) atoms. The predicted octanol–water partition coefficient (Wildman–Crippen LogP) is 1.89. The zero-order valence-corrected chi connectivity index (χ0v) is 19.9. The second-order valence-corrected chi connectivity index (χ2v) is 9.75. The Morgan fingerprint density at radius 2 is 1.88 bits per heavy atom. The van der Waals surface area contributed by atoms with Gasteiger partial charge in [-0.25, -0.2) is 14.4 Å². The number of nitrogens with zero attached hydrogens (tertiary/aromatic N) is 7. The molecule has 2 aliphatic heterocycles. The lowest BCUT2D eigenvalue weighted by molar-refractivity contribution is -0.126. The van der Waals surface area contributed by atoms with Crippen LogP contribution in [0.3, 0.4) is 0 Å². The van der Waals surface area contributed by atoms with E-state index in [2.05, 4.69) is 37.1 Å². The van der Waals surface area contributed by atoms with Crippen LogP contribution < -0.4 is 15.1 Å². The van der Waals surface area contributed by atoms with Crippen LogP contribution in [-0.2, 0) is 10.3 Å². The molecule has 5 heterocycles. The van der Waals surface area contributed by atoms with Gasteiger partial charge >= 0.3 is 0 Å². The van der Waals surface area contributed by atoms with Crippen LogP contribution in [0.15, 0.2) is 36.8 Å². The van der Waals surface area contributed by atoms with Crippen LogP contribution >= 0.6 is 0 Å². The molecule has 9 nitrogen and oxygen atoms in total. The van der Waals surface area contributed by atoms with Crippen molar-refractivity contribution in [2.45, 2.75) is 25.8 Å². The van der Waals surface area contributed by atoms with Crippen molar-refractivity contribution < 1.29 is 9.18 Å². The van der Waals surface area contributed by atoms with Crippen LogP contribution in [0.5, 0.6) is 0 Å². The number of amides is 1. The van der Waals surface area contributed by atoms with Crippen molar-refractivity contribution >= 4 is 23.3 Å². The van der Waals surface area contributed by atoms with E-state index in [0.29, 0.717) is 25.5 Å². The molecule has 2 fully saturated rings. The van der Waals surface area contributed by atoms with Gasteiger partial charge in [-0.05, 0) is 39.4 Å². The Labute approximate surface area is 198 Å². The van der Waals surface area contributed by atoms with E-state index < -0.39 is 11.4 Å². The highest BCUT2D eigenvalue weighted by Gasteiger charge is 2.35. The van der Waals surface area contributed by atoms with E-state index >= 15 is 0 Å². The van der Waals surface area contributed by atoms with Gasteiger partial charge in [-0.1, -0.05) is 6.07 Å². The number of aromatic nitrogens is 4. The molecule has 0 aliphatic carbocycles. The number of nitrogens with one attached hydrogen (secondary N) is 1. The van der Waals surface area contributed by atoms with Gasteiger partial charge in [0.15, 0.2) is 11.6 Å². The summed E-state index contributed by atoms with van der Waals surface area (Å²) < 4.78 is 16.7. The van der Waals surface area contributed by atoms with Crippen molar-refractivity contribution in [1.29, 1.82) is 0 Å². The average molecular weight is 467 g/mol. The second kappa shape index (κ2) is 8.83. The monoisotopic (exact) mass is 466 g/mol. The number of pyridine rings is 1. The normalized spacial score (nSPS) is 19.7. The maximum Gasteiger partial charge on any atom is 0.227 e. The van der Waals surface area contributed by atoms with Crippen molar-refractivity contribution in [3.63, 3.8) is 0 Å². The van der Waals surface area contributed by atoms with E-state index in [0.717, 1.165) is 37.5 Å². The molecular weight excluding hydrogens is 435 g/mol. The molecule has 1 amide bonds. The van der Waals surface area contributed by atoms with Crippen LogP contribution in [0.4, 0.5) is 16.2 Å². The maximum atomic E-state index is 14.7. The van der Waals surface area contributed by atoms with Crippen molar-refractivity contribution in [3.05, 3.63) is 48.3 Å². The first-order valence-corrected chi connectivity index (χ1v) is 11.8. The molecular formula is C24H31FN8O. The summed E-state index contributed by atoms with van der Waals surface area (Å²) >= 11 is 0. The molecule has 1 atom stereocenters. The minimum Gasteiger partial charge on any atom is -0.353 e. The van der Waals surface area contributed by atoms with Gasteiger partial charge in [0.25, 0.3) is 0 Å². The Hall–Kier alpha value is -3.27. The molecule has 1 unspecified atom stereocenters. The first-order valence-electron chi connectivity index (χ1n) is 11.8. The molecule has 0 aromatic carbocycles. The van der Waals surface area contributed by atoms with Crippen molar-refractivity contribution in [2.24, 2.45) is 5.92 Å². The summed E-state index contributed by atoms with van der Waals surface area (Å²) in [6.07, 6.45) is 5.63. The molecule has 3 aromatic heterocycles. The van der Waals surface area contributed by atoms with Crippen LogP contribution in [0.25, 0.3) is 5.65 Å².